The number of carbonyl (C=O) groups is 4. The molecule has 0 bridgehead atoms. The Morgan fingerprint density at radius 2 is 0.909 bits per heavy atom. The number of anilines is 4. The maximum atomic E-state index is 13.0. The number of benzene rings is 4. The molecule has 4 heterocycles. The second-order valence-corrected chi connectivity index (χ2v) is 17.7. The predicted octanol–water partition coefficient (Wildman–Crippen LogP) is 9.26. The monoisotopic (exact) mass is 1070 g/mol. The van der Waals surface area contributed by atoms with Crippen LogP contribution in [0.25, 0.3) is 22.5 Å². The normalized spacial score (nSPS) is 14.9. The van der Waals surface area contributed by atoms with Gasteiger partial charge in [-0.15, -0.1) is 26.3 Å². The van der Waals surface area contributed by atoms with Crippen molar-refractivity contribution in [1.29, 1.82) is 0 Å². The maximum absolute atomic E-state index is 13.0. The number of nitrogen functional groups attached to an aromatic ring is 2. The van der Waals surface area contributed by atoms with Crippen molar-refractivity contribution < 1.29 is 64.5 Å². The summed E-state index contributed by atoms with van der Waals surface area (Å²) in [6.45, 7) is 7.21. The van der Waals surface area contributed by atoms with E-state index in [2.05, 4.69) is 30.1 Å². The van der Waals surface area contributed by atoms with Gasteiger partial charge in [-0.3, -0.25) is 38.9 Å². The minimum absolute atomic E-state index is 0. The number of nitrogens with two attached hydrogens (primary N) is 2. The number of pyridine rings is 2. The first kappa shape index (κ1) is 58.3. The van der Waals surface area contributed by atoms with Gasteiger partial charge in [0.25, 0.3) is 0 Å². The maximum Gasteiger partial charge on any atom is 0.573 e. The lowest BCUT2D eigenvalue weighted by Crippen LogP contribution is -2.47. The van der Waals surface area contributed by atoms with Gasteiger partial charge in [-0.25, -0.2) is 0 Å². The van der Waals surface area contributed by atoms with Crippen molar-refractivity contribution in [2.45, 2.75) is 58.9 Å². The number of amides is 2. The molecule has 16 nitrogen and oxygen atoms in total. The highest BCUT2D eigenvalue weighted by molar-refractivity contribution is 6.02. The molecule has 77 heavy (non-hydrogen) atoms. The number of alkyl halides is 6. The Morgan fingerprint density at radius 1 is 0.558 bits per heavy atom. The van der Waals surface area contributed by atoms with Gasteiger partial charge in [0, 0.05) is 85.0 Å². The summed E-state index contributed by atoms with van der Waals surface area (Å²) in [6, 6.07) is 27.1. The second kappa shape index (κ2) is 26.2. The summed E-state index contributed by atoms with van der Waals surface area (Å²) in [7, 11) is 0. The molecule has 0 radical (unpaired) electrons. The molecule has 6 N–H and O–H groups in total. The third-order valence-corrected chi connectivity index (χ3v) is 12.3. The average molecular weight is 1070 g/mol. The van der Waals surface area contributed by atoms with Gasteiger partial charge in [0.15, 0.2) is 23.1 Å². The number of halogens is 6. The van der Waals surface area contributed by atoms with Crippen LogP contribution in [0, 0.1) is 0 Å². The topological polar surface area (TPSA) is 214 Å². The van der Waals surface area contributed by atoms with Crippen molar-refractivity contribution in [3.05, 3.63) is 144 Å². The number of hydrogen-bond acceptors (Lipinski definition) is 14. The highest BCUT2D eigenvalue weighted by Gasteiger charge is 2.35. The van der Waals surface area contributed by atoms with E-state index in [1.54, 1.807) is 74.8 Å². The van der Waals surface area contributed by atoms with E-state index in [4.69, 9.17) is 20.9 Å². The number of morpholine rings is 2. The van der Waals surface area contributed by atoms with Crippen LogP contribution in [0.5, 0.6) is 11.5 Å². The van der Waals surface area contributed by atoms with Crippen molar-refractivity contribution in [3.8, 4) is 34.0 Å². The number of rotatable bonds is 16. The van der Waals surface area contributed by atoms with Crippen molar-refractivity contribution >= 4 is 46.1 Å². The van der Waals surface area contributed by atoms with E-state index in [-0.39, 0.29) is 54.3 Å². The number of aromatic nitrogens is 2. The zero-order chi connectivity index (χ0) is 54.6. The number of carbonyl (C=O) groups excluding carboxylic acids is 4. The smallest absolute Gasteiger partial charge is 0.404 e. The summed E-state index contributed by atoms with van der Waals surface area (Å²) in [5, 5.41) is 5.00. The zero-order valence-corrected chi connectivity index (χ0v) is 41.3. The second-order valence-electron chi connectivity index (χ2n) is 17.7. The molecule has 2 atom stereocenters. The Labute approximate surface area is 440 Å². The molecule has 2 aromatic heterocycles. The van der Waals surface area contributed by atoms with E-state index in [0.717, 1.165) is 23.3 Å². The molecule has 22 heteroatoms. The van der Waals surface area contributed by atoms with Crippen LogP contribution in [-0.4, -0.2) is 121 Å². The molecule has 4 aromatic carbocycles. The van der Waals surface area contributed by atoms with Gasteiger partial charge in [-0.2, -0.15) is 0 Å². The Morgan fingerprint density at radius 3 is 1.22 bits per heavy atom. The molecule has 408 valence electrons. The van der Waals surface area contributed by atoms with Gasteiger partial charge < -0.3 is 41.0 Å². The SMILES string of the molecule is C.C[C@H](C(=O)Nc1cc(C(=O)Cc2ccc(-c3ccc(N)cc3)nc2)ccc1OC(F)(F)F)N1CCOCC1.C[C@H](C(=O)Nc1cc(C(=O)Cc2ccc(-c3ccc(N)cc3)nc2)ccc1OC(F)(F)F)N1CCOCC1. The minimum Gasteiger partial charge on any atom is -0.404 e. The first-order chi connectivity index (χ1) is 36.2. The number of Topliss-reactive ketones (excluding diaryl/α,β-unsaturated/α-hetero) is 2. The summed E-state index contributed by atoms with van der Waals surface area (Å²) in [4.78, 5) is 64.1. The van der Waals surface area contributed by atoms with Crippen LogP contribution >= 0.6 is 0 Å². The lowest BCUT2D eigenvalue weighted by atomic mass is 10.0. The van der Waals surface area contributed by atoms with Gasteiger partial charge in [-0.1, -0.05) is 43.8 Å². The molecule has 2 aliphatic rings. The van der Waals surface area contributed by atoms with Gasteiger partial charge >= 0.3 is 12.7 Å². The van der Waals surface area contributed by atoms with E-state index in [1.165, 1.54) is 24.3 Å². The number of ether oxygens (including phenoxy) is 4. The van der Waals surface area contributed by atoms with Crippen molar-refractivity contribution in [2.75, 3.05) is 74.7 Å². The Balaban J connectivity index is 0.000000246. The van der Waals surface area contributed by atoms with Crippen LogP contribution < -0.4 is 31.6 Å². The van der Waals surface area contributed by atoms with Gasteiger partial charge in [-0.05, 0) is 97.8 Å². The van der Waals surface area contributed by atoms with Crippen molar-refractivity contribution in [2.24, 2.45) is 0 Å². The highest BCUT2D eigenvalue weighted by atomic mass is 19.4. The van der Waals surface area contributed by atoms with Crippen LogP contribution in [0.1, 0.15) is 53.1 Å². The Bertz CT molecular complexity index is 2750. The van der Waals surface area contributed by atoms with Crippen molar-refractivity contribution in [1.82, 2.24) is 19.8 Å². The van der Waals surface area contributed by atoms with Crippen LogP contribution in [0.4, 0.5) is 49.1 Å². The molecule has 0 unspecified atom stereocenters. The fourth-order valence-corrected chi connectivity index (χ4v) is 8.05. The molecule has 0 aliphatic carbocycles. The number of hydrogen-bond donors (Lipinski definition) is 4. The third-order valence-electron chi connectivity index (χ3n) is 12.3. The van der Waals surface area contributed by atoms with E-state index in [9.17, 15) is 45.5 Å². The average Bonchev–Trinajstić information content (AvgIpc) is 3.40. The summed E-state index contributed by atoms with van der Waals surface area (Å²) >= 11 is 0. The van der Waals surface area contributed by atoms with Crippen LogP contribution in [0.15, 0.2) is 122 Å². The Hall–Kier alpha value is -7.92. The van der Waals surface area contributed by atoms with E-state index < -0.39 is 48.1 Å². The number of nitrogens with zero attached hydrogens (tertiary/aromatic N) is 4. The van der Waals surface area contributed by atoms with Crippen LogP contribution in [-0.2, 0) is 31.9 Å². The summed E-state index contributed by atoms with van der Waals surface area (Å²) in [5.41, 5.74) is 16.8. The molecule has 6 aromatic rings. The summed E-state index contributed by atoms with van der Waals surface area (Å²) < 4.78 is 96.7. The van der Waals surface area contributed by atoms with E-state index in [0.29, 0.717) is 86.5 Å². The minimum atomic E-state index is -4.97. The van der Waals surface area contributed by atoms with Gasteiger partial charge in [0.1, 0.15) is 0 Å². The highest BCUT2D eigenvalue weighted by Crippen LogP contribution is 2.34. The summed E-state index contributed by atoms with van der Waals surface area (Å²) in [6.07, 6.45) is -6.88. The van der Waals surface area contributed by atoms with Gasteiger partial charge in [0.05, 0.1) is 61.3 Å². The van der Waals surface area contributed by atoms with Crippen LogP contribution in [0.2, 0.25) is 0 Å². The molecule has 2 fully saturated rings. The molecule has 0 saturated carbocycles. The number of nitrogens with one attached hydrogen (secondary N) is 2. The Kier molecular flexibility index (Phi) is 19.9. The quantitative estimate of drug-likeness (QED) is 0.0404. The molecule has 2 saturated heterocycles. The zero-order valence-electron chi connectivity index (χ0n) is 41.3. The largest absolute Gasteiger partial charge is 0.573 e. The first-order valence-corrected chi connectivity index (χ1v) is 23.9. The molecular weight excluding hydrogens is 1010 g/mol. The van der Waals surface area contributed by atoms with Gasteiger partial charge in [0.2, 0.25) is 11.8 Å². The van der Waals surface area contributed by atoms with E-state index >= 15 is 0 Å². The predicted molar refractivity (Wildman–Crippen MR) is 278 cm³/mol. The molecule has 2 aliphatic heterocycles. The van der Waals surface area contributed by atoms with E-state index in [1.807, 2.05) is 34.1 Å². The number of ketones is 2. The lowest BCUT2D eigenvalue weighted by molar-refractivity contribution is -0.275. The standard InChI is InChI=1S/2C27H27F3N4O4.CH4/c2*1-17(34-10-12-37-13-11-34)26(36)33-23-15-20(5-9-25(23)38-27(28,29)30)24(35)14-18-2-8-22(32-16-18)19-3-6-21(31)7-4-19;/h2*2-9,15-17H,10-14,31H2,1H3,(H,33,36);1H4/t2*17-;/m11./s1. The van der Waals surface area contributed by atoms with Crippen LogP contribution in [0.3, 0.4) is 0 Å². The lowest BCUT2D eigenvalue weighted by Gasteiger charge is -2.31. The fraction of sp³-hybridized carbons (Fsp3) is 0.309. The molecular formula is C55H58F6N8O8. The fourth-order valence-electron chi connectivity index (χ4n) is 8.05. The molecule has 0 spiro atoms. The first-order valence-electron chi connectivity index (χ1n) is 23.9. The third kappa shape index (κ3) is 17.0. The molecule has 8 rings (SSSR count). The van der Waals surface area contributed by atoms with Crippen molar-refractivity contribution in [3.63, 3.8) is 0 Å². The summed E-state index contributed by atoms with van der Waals surface area (Å²) in [5.74, 6) is -2.97. The molecule has 2 amide bonds.